The number of rotatable bonds is 6. The SMILES string of the molecule is COCCOCCn1c(N)nc2c(C)cccc21. The first kappa shape index (κ1) is 12.9. The smallest absolute Gasteiger partial charge is 0.201 e. The van der Waals surface area contributed by atoms with Gasteiger partial charge in [-0.05, 0) is 18.6 Å². The van der Waals surface area contributed by atoms with Gasteiger partial charge in [0.1, 0.15) is 0 Å². The lowest BCUT2D eigenvalue weighted by atomic mass is 10.2. The van der Waals surface area contributed by atoms with Crippen LogP contribution in [0.3, 0.4) is 0 Å². The van der Waals surface area contributed by atoms with E-state index in [4.69, 9.17) is 15.2 Å². The lowest BCUT2D eigenvalue weighted by Gasteiger charge is -2.07. The highest BCUT2D eigenvalue weighted by atomic mass is 16.5. The maximum atomic E-state index is 5.93. The summed E-state index contributed by atoms with van der Waals surface area (Å²) in [6.07, 6.45) is 0. The molecule has 5 nitrogen and oxygen atoms in total. The molecule has 98 valence electrons. The van der Waals surface area contributed by atoms with Crippen LogP contribution in [-0.4, -0.2) is 36.5 Å². The number of aromatic nitrogens is 2. The van der Waals surface area contributed by atoms with E-state index in [0.29, 0.717) is 32.3 Å². The predicted molar refractivity (Wildman–Crippen MR) is 71.6 cm³/mol. The second-order valence-electron chi connectivity index (χ2n) is 4.17. The molecule has 0 spiro atoms. The van der Waals surface area contributed by atoms with E-state index in [1.807, 2.05) is 29.7 Å². The first-order chi connectivity index (χ1) is 8.74. The van der Waals surface area contributed by atoms with E-state index in [0.717, 1.165) is 16.6 Å². The summed E-state index contributed by atoms with van der Waals surface area (Å²) < 4.78 is 12.4. The number of nitrogen functional groups attached to an aromatic ring is 1. The third-order valence-electron chi connectivity index (χ3n) is 2.90. The molecule has 2 aromatic rings. The van der Waals surface area contributed by atoms with Gasteiger partial charge in [0.25, 0.3) is 0 Å². The van der Waals surface area contributed by atoms with E-state index in [9.17, 15) is 0 Å². The number of nitrogens with two attached hydrogens (primary N) is 1. The Morgan fingerprint density at radius 3 is 2.89 bits per heavy atom. The van der Waals surface area contributed by atoms with Gasteiger partial charge < -0.3 is 19.8 Å². The molecule has 0 atom stereocenters. The monoisotopic (exact) mass is 249 g/mol. The Kier molecular flexibility index (Phi) is 4.17. The highest BCUT2D eigenvalue weighted by molar-refractivity contribution is 5.81. The number of imidazole rings is 1. The molecule has 2 N–H and O–H groups in total. The van der Waals surface area contributed by atoms with Crippen LogP contribution in [0.15, 0.2) is 18.2 Å². The van der Waals surface area contributed by atoms with Crippen molar-refractivity contribution >= 4 is 17.0 Å². The Bertz CT molecular complexity index is 522. The number of nitrogens with zero attached hydrogens (tertiary/aromatic N) is 2. The van der Waals surface area contributed by atoms with Crippen molar-refractivity contribution in [2.75, 3.05) is 32.7 Å². The van der Waals surface area contributed by atoms with Crippen LogP contribution >= 0.6 is 0 Å². The summed E-state index contributed by atoms with van der Waals surface area (Å²) in [6.45, 7) is 4.55. The van der Waals surface area contributed by atoms with E-state index < -0.39 is 0 Å². The first-order valence-electron chi connectivity index (χ1n) is 6.02. The Labute approximate surface area is 107 Å². The zero-order chi connectivity index (χ0) is 13.0. The Balaban J connectivity index is 2.08. The lowest BCUT2D eigenvalue weighted by Crippen LogP contribution is -2.11. The number of para-hydroxylation sites is 1. The Morgan fingerprint density at radius 1 is 1.28 bits per heavy atom. The number of methoxy groups -OCH3 is 1. The maximum Gasteiger partial charge on any atom is 0.201 e. The van der Waals surface area contributed by atoms with Crippen LogP contribution in [0.2, 0.25) is 0 Å². The zero-order valence-electron chi connectivity index (χ0n) is 10.8. The second kappa shape index (κ2) is 5.84. The van der Waals surface area contributed by atoms with Gasteiger partial charge >= 0.3 is 0 Å². The Hall–Kier alpha value is -1.59. The van der Waals surface area contributed by atoms with Crippen molar-refractivity contribution < 1.29 is 9.47 Å². The summed E-state index contributed by atoms with van der Waals surface area (Å²) in [7, 11) is 1.66. The molecule has 0 aliphatic rings. The van der Waals surface area contributed by atoms with Crippen molar-refractivity contribution in [1.82, 2.24) is 9.55 Å². The molecule has 5 heteroatoms. The Morgan fingerprint density at radius 2 is 2.11 bits per heavy atom. The average molecular weight is 249 g/mol. The van der Waals surface area contributed by atoms with Gasteiger partial charge in [0.2, 0.25) is 5.95 Å². The fourth-order valence-corrected chi connectivity index (χ4v) is 1.94. The molecule has 1 aromatic carbocycles. The van der Waals surface area contributed by atoms with E-state index in [2.05, 4.69) is 4.98 Å². The van der Waals surface area contributed by atoms with Crippen molar-refractivity contribution in [3.05, 3.63) is 23.8 Å². The molecule has 0 saturated carbocycles. The number of anilines is 1. The van der Waals surface area contributed by atoms with Gasteiger partial charge in [0.05, 0.1) is 30.9 Å². The van der Waals surface area contributed by atoms with Crippen LogP contribution in [0.1, 0.15) is 5.56 Å². The zero-order valence-corrected chi connectivity index (χ0v) is 10.8. The van der Waals surface area contributed by atoms with Gasteiger partial charge in [-0.2, -0.15) is 0 Å². The number of ether oxygens (including phenoxy) is 2. The van der Waals surface area contributed by atoms with Crippen LogP contribution < -0.4 is 5.73 Å². The molecule has 0 saturated heterocycles. The predicted octanol–water partition coefficient (Wildman–Crippen LogP) is 1.59. The summed E-state index contributed by atoms with van der Waals surface area (Å²) in [4.78, 5) is 4.39. The molecule has 0 bridgehead atoms. The van der Waals surface area contributed by atoms with Crippen molar-refractivity contribution in [3.63, 3.8) is 0 Å². The van der Waals surface area contributed by atoms with Crippen LogP contribution in [0.4, 0.5) is 5.95 Å². The van der Waals surface area contributed by atoms with Crippen molar-refractivity contribution in [2.45, 2.75) is 13.5 Å². The van der Waals surface area contributed by atoms with Crippen LogP contribution in [-0.2, 0) is 16.0 Å². The maximum absolute atomic E-state index is 5.93. The number of fused-ring (bicyclic) bond motifs is 1. The summed E-state index contributed by atoms with van der Waals surface area (Å²) in [6, 6.07) is 6.08. The summed E-state index contributed by atoms with van der Waals surface area (Å²) in [5.74, 6) is 0.537. The number of benzene rings is 1. The quantitative estimate of drug-likeness (QED) is 0.790. The van der Waals surface area contributed by atoms with Gasteiger partial charge in [-0.3, -0.25) is 0 Å². The van der Waals surface area contributed by atoms with Gasteiger partial charge in [0, 0.05) is 13.7 Å². The molecule has 0 aliphatic heterocycles. The number of hydrogen-bond acceptors (Lipinski definition) is 4. The second-order valence-corrected chi connectivity index (χ2v) is 4.17. The van der Waals surface area contributed by atoms with E-state index in [1.54, 1.807) is 7.11 Å². The molecule has 0 unspecified atom stereocenters. The van der Waals surface area contributed by atoms with Crippen molar-refractivity contribution in [1.29, 1.82) is 0 Å². The minimum Gasteiger partial charge on any atom is -0.382 e. The minimum atomic E-state index is 0.537. The first-order valence-corrected chi connectivity index (χ1v) is 6.02. The molecule has 0 radical (unpaired) electrons. The molecule has 0 aliphatic carbocycles. The topological polar surface area (TPSA) is 62.3 Å². The van der Waals surface area contributed by atoms with Gasteiger partial charge in [-0.25, -0.2) is 4.98 Å². The van der Waals surface area contributed by atoms with Gasteiger partial charge in [-0.15, -0.1) is 0 Å². The van der Waals surface area contributed by atoms with Gasteiger partial charge in [0.15, 0.2) is 0 Å². The van der Waals surface area contributed by atoms with Crippen LogP contribution in [0.25, 0.3) is 11.0 Å². The summed E-state index contributed by atoms with van der Waals surface area (Å²) in [5, 5.41) is 0. The standard InChI is InChI=1S/C13H19N3O2/c1-10-4-3-5-11-12(10)15-13(14)16(11)6-7-18-9-8-17-2/h3-5H,6-9H2,1-2H3,(H2,14,15). The van der Waals surface area contributed by atoms with Crippen molar-refractivity contribution in [2.24, 2.45) is 0 Å². The molecule has 2 rings (SSSR count). The third-order valence-corrected chi connectivity index (χ3v) is 2.90. The third kappa shape index (κ3) is 2.63. The molecule has 0 amide bonds. The molecule has 0 fully saturated rings. The fraction of sp³-hybridized carbons (Fsp3) is 0.462. The highest BCUT2D eigenvalue weighted by Crippen LogP contribution is 2.20. The normalized spacial score (nSPS) is 11.2. The number of aryl methyl sites for hydroxylation is 1. The largest absolute Gasteiger partial charge is 0.382 e. The summed E-state index contributed by atoms with van der Waals surface area (Å²) >= 11 is 0. The highest BCUT2D eigenvalue weighted by Gasteiger charge is 2.08. The van der Waals surface area contributed by atoms with E-state index >= 15 is 0 Å². The van der Waals surface area contributed by atoms with Gasteiger partial charge in [-0.1, -0.05) is 12.1 Å². The minimum absolute atomic E-state index is 0.537. The molecule has 1 heterocycles. The molecule has 18 heavy (non-hydrogen) atoms. The van der Waals surface area contributed by atoms with Crippen molar-refractivity contribution in [3.8, 4) is 0 Å². The lowest BCUT2D eigenvalue weighted by molar-refractivity contribution is 0.0671. The average Bonchev–Trinajstić information content (AvgIpc) is 2.68. The number of hydrogen-bond donors (Lipinski definition) is 1. The summed E-state index contributed by atoms with van der Waals surface area (Å²) in [5.41, 5.74) is 9.09. The van der Waals surface area contributed by atoms with E-state index in [1.165, 1.54) is 0 Å². The van der Waals surface area contributed by atoms with Crippen LogP contribution in [0, 0.1) is 6.92 Å². The molecular weight excluding hydrogens is 230 g/mol. The fourth-order valence-electron chi connectivity index (χ4n) is 1.94. The molecular formula is C13H19N3O2. The molecule has 1 aromatic heterocycles. The van der Waals surface area contributed by atoms with E-state index in [-0.39, 0.29) is 0 Å². The van der Waals surface area contributed by atoms with Crippen LogP contribution in [0.5, 0.6) is 0 Å².